The Morgan fingerprint density at radius 3 is 2.68 bits per heavy atom. The zero-order valence-corrected chi connectivity index (χ0v) is 17.0. The van der Waals surface area contributed by atoms with Gasteiger partial charge in [-0.15, -0.1) is 0 Å². The fourth-order valence-corrected chi connectivity index (χ4v) is 4.01. The summed E-state index contributed by atoms with van der Waals surface area (Å²) < 4.78 is 13.9. The Bertz CT molecular complexity index is 1050. The number of benzene rings is 1. The lowest BCUT2D eigenvalue weighted by Crippen LogP contribution is -2.49. The number of aromatic nitrogens is 3. The Labute approximate surface area is 170 Å². The van der Waals surface area contributed by atoms with Crippen molar-refractivity contribution in [1.82, 2.24) is 14.6 Å². The Balaban J connectivity index is 1.72. The Kier molecular flexibility index (Phi) is 5.23. The maximum absolute atomic E-state index is 12.2. The summed E-state index contributed by atoms with van der Waals surface area (Å²) >= 11 is 5.92. The second-order valence-electron chi connectivity index (χ2n) is 7.07. The molecule has 0 radical (unpaired) electrons. The molecular formula is C20H21ClN4O2S. The molecule has 1 aromatic carbocycles. The number of anilines is 1. The SMILES string of the molecule is C[S@](=O)c1cnc2cc(/C=C/c3ccc(Cl)cc3)nn2c1NC1(CO)CCC1. The van der Waals surface area contributed by atoms with Crippen molar-refractivity contribution in [2.45, 2.75) is 29.7 Å². The molecule has 8 heteroatoms. The van der Waals surface area contributed by atoms with Crippen LogP contribution in [0.1, 0.15) is 30.5 Å². The number of hydrogen-bond acceptors (Lipinski definition) is 5. The Hall–Kier alpha value is -2.22. The van der Waals surface area contributed by atoms with Crippen molar-refractivity contribution in [2.24, 2.45) is 0 Å². The van der Waals surface area contributed by atoms with E-state index in [2.05, 4.69) is 15.4 Å². The smallest absolute Gasteiger partial charge is 0.157 e. The van der Waals surface area contributed by atoms with E-state index < -0.39 is 10.8 Å². The predicted molar refractivity (Wildman–Crippen MR) is 113 cm³/mol. The lowest BCUT2D eigenvalue weighted by atomic mass is 9.77. The predicted octanol–water partition coefficient (Wildman–Crippen LogP) is 3.62. The monoisotopic (exact) mass is 416 g/mol. The molecule has 0 spiro atoms. The van der Waals surface area contributed by atoms with Crippen LogP contribution in [0, 0.1) is 0 Å². The molecule has 0 aliphatic heterocycles. The van der Waals surface area contributed by atoms with Crippen molar-refractivity contribution in [2.75, 3.05) is 18.2 Å². The van der Waals surface area contributed by atoms with Gasteiger partial charge in [-0.05, 0) is 43.0 Å². The fraction of sp³-hybridized carbons (Fsp3) is 0.300. The second-order valence-corrected chi connectivity index (χ2v) is 8.85. The van der Waals surface area contributed by atoms with Gasteiger partial charge in [-0.3, -0.25) is 4.21 Å². The van der Waals surface area contributed by atoms with Crippen LogP contribution < -0.4 is 5.32 Å². The summed E-state index contributed by atoms with van der Waals surface area (Å²) in [6.45, 7) is 0.0250. The van der Waals surface area contributed by atoms with Gasteiger partial charge in [0.1, 0.15) is 5.82 Å². The summed E-state index contributed by atoms with van der Waals surface area (Å²) in [7, 11) is -1.24. The summed E-state index contributed by atoms with van der Waals surface area (Å²) in [6, 6.07) is 9.40. The van der Waals surface area contributed by atoms with Crippen molar-refractivity contribution in [1.29, 1.82) is 0 Å². The molecule has 146 valence electrons. The molecule has 0 bridgehead atoms. The molecule has 2 aromatic heterocycles. The van der Waals surface area contributed by atoms with Crippen LogP contribution in [-0.2, 0) is 10.8 Å². The molecule has 6 nitrogen and oxygen atoms in total. The highest BCUT2D eigenvalue weighted by molar-refractivity contribution is 7.84. The zero-order chi connectivity index (χ0) is 19.7. The maximum Gasteiger partial charge on any atom is 0.157 e. The third-order valence-corrected chi connectivity index (χ3v) is 6.26. The molecule has 3 aromatic rings. The van der Waals surface area contributed by atoms with E-state index in [4.69, 9.17) is 11.6 Å². The van der Waals surface area contributed by atoms with Crippen LogP contribution in [0.25, 0.3) is 17.8 Å². The molecule has 1 aliphatic rings. The molecule has 1 saturated carbocycles. The van der Waals surface area contributed by atoms with Gasteiger partial charge in [-0.2, -0.15) is 9.61 Å². The third kappa shape index (κ3) is 3.70. The highest BCUT2D eigenvalue weighted by Gasteiger charge is 2.37. The number of halogens is 1. The molecule has 2 N–H and O–H groups in total. The lowest BCUT2D eigenvalue weighted by molar-refractivity contribution is 0.143. The van der Waals surface area contributed by atoms with E-state index in [-0.39, 0.29) is 12.1 Å². The normalized spacial score (nSPS) is 17.0. The highest BCUT2D eigenvalue weighted by Crippen LogP contribution is 2.36. The first-order valence-corrected chi connectivity index (χ1v) is 11.0. The summed E-state index contributed by atoms with van der Waals surface area (Å²) in [4.78, 5) is 4.98. The quantitative estimate of drug-likeness (QED) is 0.641. The van der Waals surface area contributed by atoms with Crippen molar-refractivity contribution in [3.63, 3.8) is 0 Å². The van der Waals surface area contributed by atoms with Crippen LogP contribution in [0.3, 0.4) is 0 Å². The minimum Gasteiger partial charge on any atom is -0.394 e. The number of nitrogens with one attached hydrogen (secondary N) is 1. The first kappa shape index (κ1) is 19.1. The molecule has 0 unspecified atom stereocenters. The molecule has 1 fully saturated rings. The zero-order valence-electron chi connectivity index (χ0n) is 15.4. The van der Waals surface area contributed by atoms with Crippen LogP contribution in [-0.4, -0.2) is 42.3 Å². The van der Waals surface area contributed by atoms with Gasteiger partial charge in [0.05, 0.1) is 33.5 Å². The first-order chi connectivity index (χ1) is 13.5. The summed E-state index contributed by atoms with van der Waals surface area (Å²) in [6.07, 6.45) is 9.87. The third-order valence-electron chi connectivity index (χ3n) is 5.09. The van der Waals surface area contributed by atoms with Crippen LogP contribution in [0.2, 0.25) is 5.02 Å². The van der Waals surface area contributed by atoms with Gasteiger partial charge in [-0.1, -0.05) is 29.8 Å². The van der Waals surface area contributed by atoms with Gasteiger partial charge in [0.25, 0.3) is 0 Å². The number of nitrogens with zero attached hydrogens (tertiary/aromatic N) is 3. The first-order valence-electron chi connectivity index (χ1n) is 9.05. The Morgan fingerprint density at radius 1 is 1.32 bits per heavy atom. The molecule has 0 saturated heterocycles. The number of aliphatic hydroxyl groups is 1. The van der Waals surface area contributed by atoms with Crippen molar-refractivity contribution in [3.8, 4) is 0 Å². The maximum atomic E-state index is 12.2. The molecule has 0 amide bonds. The largest absolute Gasteiger partial charge is 0.394 e. The molecule has 2 heterocycles. The standard InChI is InChI=1S/C20H21ClN4O2S/c1-28(27)17-12-22-18-11-16(8-5-14-3-6-15(21)7-4-14)24-25(18)19(17)23-20(13-26)9-2-10-20/h3-8,11-12,23,26H,2,9-10,13H2,1H3/b8-5+/t28-/m0/s1. The van der Waals surface area contributed by atoms with E-state index in [1.165, 1.54) is 0 Å². The minimum atomic E-state index is -1.24. The molecule has 1 atom stereocenters. The van der Waals surface area contributed by atoms with Crippen LogP contribution in [0.5, 0.6) is 0 Å². The van der Waals surface area contributed by atoms with E-state index in [1.807, 2.05) is 42.5 Å². The Morgan fingerprint density at radius 2 is 2.07 bits per heavy atom. The number of aliphatic hydroxyl groups excluding tert-OH is 1. The van der Waals surface area contributed by atoms with Crippen LogP contribution in [0.15, 0.2) is 41.4 Å². The van der Waals surface area contributed by atoms with E-state index >= 15 is 0 Å². The van der Waals surface area contributed by atoms with Gasteiger partial charge in [-0.25, -0.2) is 4.98 Å². The van der Waals surface area contributed by atoms with Gasteiger partial charge in [0.15, 0.2) is 5.65 Å². The summed E-state index contributed by atoms with van der Waals surface area (Å²) in [5.74, 6) is 0.630. The van der Waals surface area contributed by atoms with Crippen molar-refractivity contribution >= 4 is 46.0 Å². The van der Waals surface area contributed by atoms with Gasteiger partial charge in [0.2, 0.25) is 0 Å². The molecular weight excluding hydrogens is 396 g/mol. The van der Waals surface area contributed by atoms with E-state index in [9.17, 15) is 9.32 Å². The van der Waals surface area contributed by atoms with E-state index in [0.29, 0.717) is 21.4 Å². The van der Waals surface area contributed by atoms with Gasteiger partial charge in [0, 0.05) is 23.5 Å². The fourth-order valence-electron chi connectivity index (χ4n) is 3.27. The number of fused-ring (bicyclic) bond motifs is 1. The summed E-state index contributed by atoms with van der Waals surface area (Å²) in [5, 5.41) is 18.6. The number of hydrogen-bond donors (Lipinski definition) is 2. The molecule has 28 heavy (non-hydrogen) atoms. The second kappa shape index (κ2) is 7.66. The molecule has 1 aliphatic carbocycles. The average Bonchev–Trinajstić information content (AvgIpc) is 3.07. The average molecular weight is 417 g/mol. The topological polar surface area (TPSA) is 79.5 Å². The van der Waals surface area contributed by atoms with E-state index in [0.717, 1.165) is 30.5 Å². The van der Waals surface area contributed by atoms with Crippen molar-refractivity contribution in [3.05, 3.63) is 52.8 Å². The number of rotatable bonds is 6. The minimum absolute atomic E-state index is 0.0250. The van der Waals surface area contributed by atoms with Crippen LogP contribution >= 0.6 is 11.6 Å². The highest BCUT2D eigenvalue weighted by atomic mass is 35.5. The van der Waals surface area contributed by atoms with Crippen molar-refractivity contribution < 1.29 is 9.32 Å². The van der Waals surface area contributed by atoms with E-state index in [1.54, 1.807) is 17.0 Å². The van der Waals surface area contributed by atoms with Gasteiger partial charge >= 0.3 is 0 Å². The lowest BCUT2D eigenvalue weighted by Gasteiger charge is -2.42. The summed E-state index contributed by atoms with van der Waals surface area (Å²) in [5.41, 5.74) is 2.01. The molecule has 4 rings (SSSR count). The van der Waals surface area contributed by atoms with Crippen LogP contribution in [0.4, 0.5) is 5.82 Å². The van der Waals surface area contributed by atoms with Gasteiger partial charge < -0.3 is 10.4 Å².